The minimum atomic E-state index is 0.368. The first-order valence-corrected chi connectivity index (χ1v) is 6.19. The first kappa shape index (κ1) is 9.64. The van der Waals surface area contributed by atoms with Crippen molar-refractivity contribution in [2.24, 2.45) is 35.3 Å². The fourth-order valence-corrected chi connectivity index (χ4v) is 4.21. The fraction of sp³-hybridized carbons (Fsp3) is 0.917. The smallest absolute Gasteiger partial charge is 0.226 e. The number of carbonyl (C=O) groups excluding carboxylic acids is 1. The lowest BCUT2D eigenvalue weighted by molar-refractivity contribution is -0.132. The van der Waals surface area contributed by atoms with Crippen molar-refractivity contribution in [2.75, 3.05) is 20.1 Å². The molecule has 3 fully saturated rings. The van der Waals surface area contributed by atoms with Gasteiger partial charge < -0.3 is 10.6 Å². The molecule has 3 heteroatoms. The van der Waals surface area contributed by atoms with E-state index in [0.29, 0.717) is 24.9 Å². The van der Waals surface area contributed by atoms with E-state index in [1.807, 2.05) is 11.9 Å². The van der Waals surface area contributed by atoms with Gasteiger partial charge >= 0.3 is 0 Å². The average Bonchev–Trinajstić information content (AvgIpc) is 2.65. The number of fused-ring (bicyclic) bond motifs is 5. The van der Waals surface area contributed by atoms with Gasteiger partial charge in [-0.1, -0.05) is 0 Å². The van der Waals surface area contributed by atoms with Crippen molar-refractivity contribution >= 4 is 5.91 Å². The standard InChI is InChI=1S/C12H20N2O/c1-14(5-4-13)12(15)11-9-7-2-3-8(6-7)10(9)11/h7-11H,2-6,13H2,1H3. The molecular formula is C12H20N2O. The van der Waals surface area contributed by atoms with Crippen molar-refractivity contribution < 1.29 is 4.79 Å². The minimum absolute atomic E-state index is 0.368. The predicted octanol–water partition coefficient (Wildman–Crippen LogP) is 0.696. The van der Waals surface area contributed by atoms with Gasteiger partial charge in [0.2, 0.25) is 5.91 Å². The number of likely N-dealkylation sites (N-methyl/N-ethyl adjacent to an activating group) is 1. The fourth-order valence-electron chi connectivity index (χ4n) is 4.21. The third-order valence-electron chi connectivity index (χ3n) is 4.86. The Morgan fingerprint density at radius 2 is 1.93 bits per heavy atom. The normalized spacial score (nSPS) is 45.3. The molecule has 2 bridgehead atoms. The topological polar surface area (TPSA) is 46.3 Å². The molecule has 3 aliphatic carbocycles. The molecule has 0 heterocycles. The molecular weight excluding hydrogens is 188 g/mol. The zero-order valence-corrected chi connectivity index (χ0v) is 9.36. The summed E-state index contributed by atoms with van der Waals surface area (Å²) in [5, 5.41) is 0. The van der Waals surface area contributed by atoms with Crippen LogP contribution in [0.3, 0.4) is 0 Å². The summed E-state index contributed by atoms with van der Waals surface area (Å²) in [6.45, 7) is 1.29. The van der Waals surface area contributed by atoms with Gasteiger partial charge in [-0.05, 0) is 42.9 Å². The van der Waals surface area contributed by atoms with Crippen LogP contribution in [0.4, 0.5) is 0 Å². The van der Waals surface area contributed by atoms with Crippen LogP contribution in [-0.4, -0.2) is 30.9 Å². The highest BCUT2D eigenvalue weighted by Gasteiger charge is 2.67. The molecule has 4 atom stereocenters. The summed E-state index contributed by atoms with van der Waals surface area (Å²) in [5.41, 5.74) is 5.48. The Bertz CT molecular complexity index is 275. The van der Waals surface area contributed by atoms with Crippen molar-refractivity contribution in [2.45, 2.75) is 19.3 Å². The summed E-state index contributed by atoms with van der Waals surface area (Å²) in [6.07, 6.45) is 4.19. The second-order valence-corrected chi connectivity index (χ2v) is 5.56. The summed E-state index contributed by atoms with van der Waals surface area (Å²) < 4.78 is 0. The van der Waals surface area contributed by atoms with E-state index in [0.717, 1.165) is 23.7 Å². The minimum Gasteiger partial charge on any atom is -0.344 e. The second-order valence-electron chi connectivity index (χ2n) is 5.56. The molecule has 0 saturated heterocycles. The van der Waals surface area contributed by atoms with Crippen LogP contribution in [0.2, 0.25) is 0 Å². The summed E-state index contributed by atoms with van der Waals surface area (Å²) in [5.74, 6) is 4.05. The highest BCUT2D eigenvalue weighted by atomic mass is 16.2. The molecule has 4 unspecified atom stereocenters. The molecule has 84 valence electrons. The lowest BCUT2D eigenvalue weighted by atomic mass is 10.0. The quantitative estimate of drug-likeness (QED) is 0.742. The number of nitrogens with two attached hydrogens (primary N) is 1. The molecule has 0 radical (unpaired) electrons. The molecule has 0 spiro atoms. The van der Waals surface area contributed by atoms with E-state index in [1.165, 1.54) is 19.3 Å². The Labute approximate surface area is 91.0 Å². The first-order chi connectivity index (χ1) is 7.24. The van der Waals surface area contributed by atoms with Gasteiger partial charge in [0.05, 0.1) is 0 Å². The second kappa shape index (κ2) is 3.21. The predicted molar refractivity (Wildman–Crippen MR) is 58.0 cm³/mol. The number of hydrogen-bond donors (Lipinski definition) is 1. The van der Waals surface area contributed by atoms with Crippen molar-refractivity contribution in [1.29, 1.82) is 0 Å². The number of nitrogens with zero attached hydrogens (tertiary/aromatic N) is 1. The maximum absolute atomic E-state index is 12.1. The maximum Gasteiger partial charge on any atom is 0.226 e. The van der Waals surface area contributed by atoms with Gasteiger partial charge in [-0.3, -0.25) is 4.79 Å². The Kier molecular flexibility index (Phi) is 2.06. The van der Waals surface area contributed by atoms with Gasteiger partial charge in [-0.15, -0.1) is 0 Å². The van der Waals surface area contributed by atoms with Crippen LogP contribution in [0.25, 0.3) is 0 Å². The monoisotopic (exact) mass is 208 g/mol. The molecule has 0 aromatic carbocycles. The summed E-state index contributed by atoms with van der Waals surface area (Å²) in [6, 6.07) is 0. The van der Waals surface area contributed by atoms with Crippen LogP contribution in [0.5, 0.6) is 0 Å². The number of amides is 1. The summed E-state index contributed by atoms with van der Waals surface area (Å²) >= 11 is 0. The molecule has 3 saturated carbocycles. The summed E-state index contributed by atoms with van der Waals surface area (Å²) in [4.78, 5) is 13.9. The van der Waals surface area contributed by atoms with E-state index in [9.17, 15) is 4.79 Å². The Morgan fingerprint density at radius 1 is 1.33 bits per heavy atom. The van der Waals surface area contributed by atoms with Gasteiger partial charge in [0.1, 0.15) is 0 Å². The van der Waals surface area contributed by atoms with Crippen LogP contribution < -0.4 is 5.73 Å². The van der Waals surface area contributed by atoms with E-state index < -0.39 is 0 Å². The van der Waals surface area contributed by atoms with Crippen LogP contribution in [0, 0.1) is 29.6 Å². The van der Waals surface area contributed by atoms with Crippen molar-refractivity contribution in [3.8, 4) is 0 Å². The molecule has 0 aromatic heterocycles. The molecule has 0 aliphatic heterocycles. The van der Waals surface area contributed by atoms with E-state index >= 15 is 0 Å². The SMILES string of the molecule is CN(CCN)C(=O)C1C2C3CCC(C3)C12. The lowest BCUT2D eigenvalue weighted by Gasteiger charge is -2.18. The zero-order chi connectivity index (χ0) is 10.6. The maximum atomic E-state index is 12.1. The Morgan fingerprint density at radius 3 is 2.47 bits per heavy atom. The zero-order valence-electron chi connectivity index (χ0n) is 9.36. The largest absolute Gasteiger partial charge is 0.344 e. The molecule has 1 amide bonds. The highest BCUT2D eigenvalue weighted by molar-refractivity contribution is 5.82. The van der Waals surface area contributed by atoms with Gasteiger partial charge in [0, 0.05) is 26.1 Å². The van der Waals surface area contributed by atoms with Crippen molar-refractivity contribution in [3.05, 3.63) is 0 Å². The molecule has 0 aromatic rings. The van der Waals surface area contributed by atoms with Crippen molar-refractivity contribution in [3.63, 3.8) is 0 Å². The third kappa shape index (κ3) is 1.25. The van der Waals surface area contributed by atoms with Crippen LogP contribution in [-0.2, 0) is 4.79 Å². The highest BCUT2D eigenvalue weighted by Crippen LogP contribution is 2.69. The van der Waals surface area contributed by atoms with Crippen LogP contribution in [0.1, 0.15) is 19.3 Å². The van der Waals surface area contributed by atoms with E-state index in [4.69, 9.17) is 5.73 Å². The van der Waals surface area contributed by atoms with E-state index in [2.05, 4.69) is 0 Å². The van der Waals surface area contributed by atoms with Gasteiger partial charge in [-0.2, -0.15) is 0 Å². The molecule has 2 N–H and O–H groups in total. The van der Waals surface area contributed by atoms with Gasteiger partial charge in [0.25, 0.3) is 0 Å². The molecule has 15 heavy (non-hydrogen) atoms. The third-order valence-corrected chi connectivity index (χ3v) is 4.86. The molecule has 3 nitrogen and oxygen atoms in total. The summed E-state index contributed by atoms with van der Waals surface area (Å²) in [7, 11) is 1.89. The lowest BCUT2D eigenvalue weighted by Crippen LogP contribution is -2.34. The van der Waals surface area contributed by atoms with E-state index in [1.54, 1.807) is 0 Å². The average molecular weight is 208 g/mol. The van der Waals surface area contributed by atoms with Crippen LogP contribution >= 0.6 is 0 Å². The van der Waals surface area contributed by atoms with Crippen molar-refractivity contribution in [1.82, 2.24) is 4.90 Å². The number of carbonyl (C=O) groups is 1. The van der Waals surface area contributed by atoms with E-state index in [-0.39, 0.29) is 0 Å². The number of rotatable bonds is 3. The van der Waals surface area contributed by atoms with Crippen LogP contribution in [0.15, 0.2) is 0 Å². The van der Waals surface area contributed by atoms with Gasteiger partial charge in [-0.25, -0.2) is 0 Å². The Balaban J connectivity index is 1.64. The van der Waals surface area contributed by atoms with Gasteiger partial charge in [0.15, 0.2) is 0 Å². The Hall–Kier alpha value is -0.570. The number of hydrogen-bond acceptors (Lipinski definition) is 2. The molecule has 3 aliphatic rings. The first-order valence-electron chi connectivity index (χ1n) is 6.19. The molecule has 3 rings (SSSR count).